The third kappa shape index (κ3) is 4.41. The van der Waals surface area contributed by atoms with Crippen LogP contribution in [-0.4, -0.2) is 62.5 Å². The van der Waals surface area contributed by atoms with Crippen LogP contribution in [0.3, 0.4) is 0 Å². The number of carbonyl (C=O) groups is 1. The standard InChI is InChI=1S/C12H16ClNO6/c13-6-1-3-7(4-2-6)14-12(20)11(19)10(18)9(17)8(16)5-15/h1-4,8-11,15-19H,5H2,(H,14,20)/t8-,9+,10+,11-/m1/s1. The molecule has 0 saturated carbocycles. The van der Waals surface area contributed by atoms with Crippen molar-refractivity contribution in [3.63, 3.8) is 0 Å². The minimum Gasteiger partial charge on any atom is -0.394 e. The maximum atomic E-state index is 11.6. The molecule has 0 fully saturated rings. The molecule has 6 N–H and O–H groups in total. The van der Waals surface area contributed by atoms with Crippen molar-refractivity contribution < 1.29 is 30.3 Å². The lowest BCUT2D eigenvalue weighted by Crippen LogP contribution is -2.50. The van der Waals surface area contributed by atoms with E-state index in [1.165, 1.54) is 24.3 Å². The molecule has 4 atom stereocenters. The molecule has 112 valence electrons. The molecule has 0 aliphatic carbocycles. The summed E-state index contributed by atoms with van der Waals surface area (Å²) in [6.07, 6.45) is -7.43. The van der Waals surface area contributed by atoms with Crippen molar-refractivity contribution in [2.75, 3.05) is 11.9 Å². The summed E-state index contributed by atoms with van der Waals surface area (Å²) < 4.78 is 0. The summed E-state index contributed by atoms with van der Waals surface area (Å²) in [5, 5.41) is 49.0. The zero-order valence-electron chi connectivity index (χ0n) is 10.3. The number of carbonyl (C=O) groups excluding carboxylic acids is 1. The summed E-state index contributed by atoms with van der Waals surface area (Å²) in [5.74, 6) is -0.969. The van der Waals surface area contributed by atoms with Crippen LogP contribution in [0.1, 0.15) is 0 Å². The second-order valence-corrected chi connectivity index (χ2v) is 4.61. The van der Waals surface area contributed by atoms with Gasteiger partial charge in [0.05, 0.1) is 6.61 Å². The summed E-state index contributed by atoms with van der Waals surface area (Å²) in [7, 11) is 0. The van der Waals surface area contributed by atoms with Crippen LogP contribution >= 0.6 is 11.6 Å². The molecule has 0 heterocycles. The number of halogens is 1. The average Bonchev–Trinajstić information content (AvgIpc) is 2.46. The molecule has 0 saturated heterocycles. The van der Waals surface area contributed by atoms with Crippen molar-refractivity contribution >= 4 is 23.2 Å². The normalized spacial score (nSPS) is 17.1. The molecule has 1 aromatic carbocycles. The molecule has 0 radical (unpaired) electrons. The van der Waals surface area contributed by atoms with Gasteiger partial charge in [0.1, 0.15) is 18.3 Å². The van der Waals surface area contributed by atoms with E-state index in [9.17, 15) is 20.1 Å². The molecule has 1 amide bonds. The molecule has 20 heavy (non-hydrogen) atoms. The molecule has 0 bridgehead atoms. The second kappa shape index (κ2) is 7.53. The molecule has 7 nitrogen and oxygen atoms in total. The van der Waals surface area contributed by atoms with Gasteiger partial charge in [-0.1, -0.05) is 11.6 Å². The highest BCUT2D eigenvalue weighted by Crippen LogP contribution is 2.14. The highest BCUT2D eigenvalue weighted by molar-refractivity contribution is 6.30. The summed E-state index contributed by atoms with van der Waals surface area (Å²) in [6, 6.07) is 6.01. The number of hydrogen-bond acceptors (Lipinski definition) is 6. The van der Waals surface area contributed by atoms with E-state index >= 15 is 0 Å². The average molecular weight is 306 g/mol. The number of rotatable bonds is 6. The molecule has 0 aliphatic rings. The first-order valence-corrected chi connectivity index (χ1v) is 6.14. The molecule has 0 aromatic heterocycles. The summed E-state index contributed by atoms with van der Waals surface area (Å²) in [5.41, 5.74) is 0.336. The second-order valence-electron chi connectivity index (χ2n) is 4.17. The minimum absolute atomic E-state index is 0.336. The Balaban J connectivity index is 2.64. The van der Waals surface area contributed by atoms with Gasteiger partial charge >= 0.3 is 0 Å². The van der Waals surface area contributed by atoms with E-state index < -0.39 is 36.9 Å². The number of anilines is 1. The van der Waals surface area contributed by atoms with Gasteiger partial charge in [-0.25, -0.2) is 0 Å². The lowest BCUT2D eigenvalue weighted by molar-refractivity contribution is -0.144. The summed E-state index contributed by atoms with van der Waals surface area (Å²) >= 11 is 5.67. The third-order valence-electron chi connectivity index (χ3n) is 2.64. The number of nitrogens with one attached hydrogen (secondary N) is 1. The molecule has 1 aromatic rings. The van der Waals surface area contributed by atoms with Crippen LogP contribution in [0.4, 0.5) is 5.69 Å². The van der Waals surface area contributed by atoms with Gasteiger partial charge in [-0.15, -0.1) is 0 Å². The Morgan fingerprint density at radius 1 is 1.10 bits per heavy atom. The van der Waals surface area contributed by atoms with E-state index in [0.717, 1.165) is 0 Å². The quantitative estimate of drug-likeness (QED) is 0.388. The van der Waals surface area contributed by atoms with Crippen LogP contribution < -0.4 is 5.32 Å². The predicted octanol–water partition coefficient (Wildman–Crippen LogP) is -1.29. The van der Waals surface area contributed by atoms with E-state index in [-0.39, 0.29) is 0 Å². The first kappa shape index (κ1) is 16.8. The van der Waals surface area contributed by atoms with Gasteiger partial charge in [-0.3, -0.25) is 4.79 Å². The van der Waals surface area contributed by atoms with Gasteiger partial charge in [-0.2, -0.15) is 0 Å². The molecule has 8 heteroatoms. The fourth-order valence-electron chi connectivity index (χ4n) is 1.43. The Morgan fingerprint density at radius 3 is 2.15 bits per heavy atom. The number of benzene rings is 1. The fraction of sp³-hybridized carbons (Fsp3) is 0.417. The van der Waals surface area contributed by atoms with E-state index in [2.05, 4.69) is 5.32 Å². The molecule has 0 spiro atoms. The first-order chi connectivity index (χ1) is 9.36. The van der Waals surface area contributed by atoms with Crippen LogP contribution in [0.2, 0.25) is 5.02 Å². The van der Waals surface area contributed by atoms with Gasteiger partial charge < -0.3 is 30.8 Å². The lowest BCUT2D eigenvalue weighted by atomic mass is 10.0. The zero-order chi connectivity index (χ0) is 15.3. The first-order valence-electron chi connectivity index (χ1n) is 5.76. The van der Waals surface area contributed by atoms with Crippen molar-refractivity contribution in [1.82, 2.24) is 0 Å². The minimum atomic E-state index is -1.97. The topological polar surface area (TPSA) is 130 Å². The number of aliphatic hydroxyl groups is 5. The smallest absolute Gasteiger partial charge is 0.256 e. The lowest BCUT2D eigenvalue weighted by Gasteiger charge is -2.24. The largest absolute Gasteiger partial charge is 0.394 e. The van der Waals surface area contributed by atoms with Crippen LogP contribution in [0.25, 0.3) is 0 Å². The van der Waals surface area contributed by atoms with Crippen LogP contribution in [-0.2, 0) is 4.79 Å². The van der Waals surface area contributed by atoms with Crippen molar-refractivity contribution in [3.05, 3.63) is 29.3 Å². The maximum Gasteiger partial charge on any atom is 0.256 e. The maximum absolute atomic E-state index is 11.6. The van der Waals surface area contributed by atoms with E-state index in [1.807, 2.05) is 0 Å². The van der Waals surface area contributed by atoms with Crippen molar-refractivity contribution in [1.29, 1.82) is 0 Å². The summed E-state index contributed by atoms with van der Waals surface area (Å²) in [6.45, 7) is -0.816. The van der Waals surface area contributed by atoms with Crippen molar-refractivity contribution in [2.45, 2.75) is 24.4 Å². The van der Waals surface area contributed by atoms with Crippen LogP contribution in [0.5, 0.6) is 0 Å². The Kier molecular flexibility index (Phi) is 6.34. The number of hydrogen-bond donors (Lipinski definition) is 6. The van der Waals surface area contributed by atoms with E-state index in [1.54, 1.807) is 0 Å². The van der Waals surface area contributed by atoms with Crippen LogP contribution in [0.15, 0.2) is 24.3 Å². The molecular weight excluding hydrogens is 290 g/mol. The highest BCUT2D eigenvalue weighted by atomic mass is 35.5. The van der Waals surface area contributed by atoms with Crippen LogP contribution in [0, 0.1) is 0 Å². The molecular formula is C12H16ClNO6. The Labute approximate surface area is 120 Å². The van der Waals surface area contributed by atoms with Crippen molar-refractivity contribution in [2.24, 2.45) is 0 Å². The molecule has 0 aliphatic heterocycles. The molecule has 1 rings (SSSR count). The van der Waals surface area contributed by atoms with Gasteiger partial charge in [0.2, 0.25) is 0 Å². The van der Waals surface area contributed by atoms with Crippen molar-refractivity contribution in [3.8, 4) is 0 Å². The highest BCUT2D eigenvalue weighted by Gasteiger charge is 2.34. The Morgan fingerprint density at radius 2 is 1.65 bits per heavy atom. The molecule has 0 unspecified atom stereocenters. The van der Waals surface area contributed by atoms with Gasteiger partial charge in [0.15, 0.2) is 6.10 Å². The van der Waals surface area contributed by atoms with E-state index in [4.69, 9.17) is 21.8 Å². The zero-order valence-corrected chi connectivity index (χ0v) is 11.1. The predicted molar refractivity (Wildman–Crippen MR) is 71.2 cm³/mol. The Hall–Kier alpha value is -1.22. The third-order valence-corrected chi connectivity index (χ3v) is 2.89. The SMILES string of the molecule is O=C(Nc1ccc(Cl)cc1)[C@H](O)[C@@H](O)[C@@H](O)[C@H](O)CO. The monoisotopic (exact) mass is 305 g/mol. The van der Waals surface area contributed by atoms with Gasteiger partial charge in [0, 0.05) is 10.7 Å². The van der Waals surface area contributed by atoms with E-state index in [0.29, 0.717) is 10.7 Å². The number of amides is 1. The fourth-order valence-corrected chi connectivity index (χ4v) is 1.55. The van der Waals surface area contributed by atoms with Gasteiger partial charge in [-0.05, 0) is 24.3 Å². The Bertz CT molecular complexity index is 440. The van der Waals surface area contributed by atoms with Gasteiger partial charge in [0.25, 0.3) is 5.91 Å². The summed E-state index contributed by atoms with van der Waals surface area (Å²) in [4.78, 5) is 11.6. The number of aliphatic hydroxyl groups excluding tert-OH is 5.